The smallest absolute Gasteiger partial charge is 0.326 e. The van der Waals surface area contributed by atoms with Gasteiger partial charge >= 0.3 is 12.0 Å². The SMILES string of the molecule is CC(C)[C@H](NC(=O)N1CCCC(C(N)=O)C1)C(=O)O. The Hall–Kier alpha value is -1.79. The van der Waals surface area contributed by atoms with Crippen molar-refractivity contribution in [1.29, 1.82) is 0 Å². The molecule has 3 amide bonds. The number of hydrogen-bond acceptors (Lipinski definition) is 3. The number of amides is 3. The van der Waals surface area contributed by atoms with E-state index in [4.69, 9.17) is 10.8 Å². The second-order valence-corrected chi connectivity index (χ2v) is 5.20. The Morgan fingerprint density at radius 2 is 2.00 bits per heavy atom. The molecule has 0 radical (unpaired) electrons. The molecule has 0 aliphatic carbocycles. The summed E-state index contributed by atoms with van der Waals surface area (Å²) in [6.07, 6.45) is 1.37. The van der Waals surface area contributed by atoms with Gasteiger partial charge in [0.05, 0.1) is 5.92 Å². The van der Waals surface area contributed by atoms with Crippen LogP contribution in [0.3, 0.4) is 0 Å². The van der Waals surface area contributed by atoms with Crippen molar-refractivity contribution in [2.75, 3.05) is 13.1 Å². The highest BCUT2D eigenvalue weighted by Gasteiger charge is 2.30. The Balaban J connectivity index is 2.62. The van der Waals surface area contributed by atoms with Gasteiger partial charge in [0.15, 0.2) is 0 Å². The third-order valence-corrected chi connectivity index (χ3v) is 3.32. The van der Waals surface area contributed by atoms with E-state index in [1.54, 1.807) is 13.8 Å². The Morgan fingerprint density at radius 1 is 1.37 bits per heavy atom. The zero-order valence-electron chi connectivity index (χ0n) is 11.3. The van der Waals surface area contributed by atoms with Crippen LogP contribution in [0.25, 0.3) is 0 Å². The summed E-state index contributed by atoms with van der Waals surface area (Å²) in [5.41, 5.74) is 5.24. The summed E-state index contributed by atoms with van der Waals surface area (Å²) in [5, 5.41) is 11.5. The number of nitrogens with two attached hydrogens (primary N) is 1. The van der Waals surface area contributed by atoms with Gasteiger partial charge in [-0.25, -0.2) is 9.59 Å². The van der Waals surface area contributed by atoms with Crippen LogP contribution < -0.4 is 11.1 Å². The molecule has 2 atom stereocenters. The van der Waals surface area contributed by atoms with E-state index in [0.29, 0.717) is 19.4 Å². The average Bonchev–Trinajstić information content (AvgIpc) is 2.34. The highest BCUT2D eigenvalue weighted by molar-refractivity contribution is 5.83. The van der Waals surface area contributed by atoms with E-state index in [1.165, 1.54) is 4.90 Å². The number of primary amides is 1. The zero-order valence-corrected chi connectivity index (χ0v) is 11.3. The van der Waals surface area contributed by atoms with Crippen molar-refractivity contribution < 1.29 is 19.5 Å². The number of carbonyl (C=O) groups excluding carboxylic acids is 2. The fourth-order valence-corrected chi connectivity index (χ4v) is 2.13. The summed E-state index contributed by atoms with van der Waals surface area (Å²) in [7, 11) is 0. The van der Waals surface area contributed by atoms with Gasteiger partial charge in [0.2, 0.25) is 5.91 Å². The molecular weight excluding hydrogens is 250 g/mol. The van der Waals surface area contributed by atoms with Crippen LogP contribution in [0.15, 0.2) is 0 Å². The lowest BCUT2D eigenvalue weighted by atomic mass is 9.98. The minimum atomic E-state index is -1.06. The molecular formula is C12H21N3O4. The van der Waals surface area contributed by atoms with Crippen molar-refractivity contribution in [3.05, 3.63) is 0 Å². The van der Waals surface area contributed by atoms with Crippen molar-refractivity contribution in [3.8, 4) is 0 Å². The minimum Gasteiger partial charge on any atom is -0.480 e. The van der Waals surface area contributed by atoms with Crippen molar-refractivity contribution in [2.45, 2.75) is 32.7 Å². The number of rotatable bonds is 4. The van der Waals surface area contributed by atoms with Gasteiger partial charge < -0.3 is 21.1 Å². The van der Waals surface area contributed by atoms with E-state index in [0.717, 1.165) is 0 Å². The predicted molar refractivity (Wildman–Crippen MR) is 68.3 cm³/mol. The summed E-state index contributed by atoms with van der Waals surface area (Å²) in [6, 6.07) is -1.38. The Morgan fingerprint density at radius 3 is 2.47 bits per heavy atom. The van der Waals surface area contributed by atoms with Gasteiger partial charge in [0, 0.05) is 13.1 Å². The van der Waals surface area contributed by atoms with E-state index >= 15 is 0 Å². The van der Waals surface area contributed by atoms with Gasteiger partial charge in [0.1, 0.15) is 6.04 Å². The second-order valence-electron chi connectivity index (χ2n) is 5.20. The number of likely N-dealkylation sites (tertiary alicyclic amines) is 1. The first-order valence-corrected chi connectivity index (χ1v) is 6.40. The van der Waals surface area contributed by atoms with Crippen molar-refractivity contribution in [3.63, 3.8) is 0 Å². The lowest BCUT2D eigenvalue weighted by Crippen LogP contribution is -2.53. The number of carbonyl (C=O) groups is 3. The van der Waals surface area contributed by atoms with Gasteiger partial charge in [-0.15, -0.1) is 0 Å². The first-order valence-electron chi connectivity index (χ1n) is 6.40. The van der Waals surface area contributed by atoms with Crippen LogP contribution in [-0.2, 0) is 9.59 Å². The molecule has 7 nitrogen and oxygen atoms in total. The summed E-state index contributed by atoms with van der Waals surface area (Å²) in [5.74, 6) is -2.04. The minimum absolute atomic E-state index is 0.210. The quantitative estimate of drug-likeness (QED) is 0.668. The summed E-state index contributed by atoms with van der Waals surface area (Å²) >= 11 is 0. The highest BCUT2D eigenvalue weighted by Crippen LogP contribution is 2.16. The first-order chi connectivity index (χ1) is 8.82. The number of nitrogens with zero attached hydrogens (tertiary/aromatic N) is 1. The largest absolute Gasteiger partial charge is 0.480 e. The maximum atomic E-state index is 12.0. The van der Waals surface area contributed by atoms with Crippen molar-refractivity contribution in [1.82, 2.24) is 10.2 Å². The fourth-order valence-electron chi connectivity index (χ4n) is 2.13. The van der Waals surface area contributed by atoms with E-state index < -0.39 is 23.9 Å². The molecule has 108 valence electrons. The normalized spacial score (nSPS) is 21.0. The molecule has 0 aromatic carbocycles. The molecule has 0 aromatic rings. The molecule has 19 heavy (non-hydrogen) atoms. The zero-order chi connectivity index (χ0) is 14.6. The lowest BCUT2D eigenvalue weighted by Gasteiger charge is -2.32. The second kappa shape index (κ2) is 6.40. The Kier molecular flexibility index (Phi) is 5.14. The van der Waals surface area contributed by atoms with Crippen molar-refractivity contribution >= 4 is 17.9 Å². The molecule has 0 saturated carbocycles. The molecule has 0 bridgehead atoms. The summed E-state index contributed by atoms with van der Waals surface area (Å²) in [6.45, 7) is 4.22. The molecule has 0 aromatic heterocycles. The first kappa shape index (κ1) is 15.3. The molecule has 1 unspecified atom stereocenters. The Labute approximate surface area is 112 Å². The standard InChI is InChI=1S/C12H21N3O4/c1-7(2)9(11(17)18)14-12(19)15-5-3-4-8(6-15)10(13)16/h7-9H,3-6H2,1-2H3,(H2,13,16)(H,14,19)(H,17,18)/t8?,9-/m0/s1. The molecule has 1 saturated heterocycles. The van der Waals surface area contributed by atoms with E-state index in [9.17, 15) is 14.4 Å². The fraction of sp³-hybridized carbons (Fsp3) is 0.750. The van der Waals surface area contributed by atoms with Crippen molar-refractivity contribution in [2.24, 2.45) is 17.6 Å². The topological polar surface area (TPSA) is 113 Å². The molecule has 4 N–H and O–H groups in total. The van der Waals surface area contributed by atoms with E-state index in [-0.39, 0.29) is 18.4 Å². The monoisotopic (exact) mass is 271 g/mol. The summed E-state index contributed by atoms with van der Waals surface area (Å²) in [4.78, 5) is 35.6. The van der Waals surface area contributed by atoms with Gasteiger partial charge in [-0.2, -0.15) is 0 Å². The van der Waals surface area contributed by atoms with Crippen LogP contribution >= 0.6 is 0 Å². The van der Waals surface area contributed by atoms with Crippen LogP contribution in [0.5, 0.6) is 0 Å². The van der Waals surface area contributed by atoms with Crippen LogP contribution in [-0.4, -0.2) is 47.0 Å². The highest BCUT2D eigenvalue weighted by atomic mass is 16.4. The number of nitrogens with one attached hydrogen (secondary N) is 1. The molecule has 1 heterocycles. The van der Waals surface area contributed by atoms with Gasteiger partial charge in [0.25, 0.3) is 0 Å². The number of urea groups is 1. The number of carboxylic acids is 1. The van der Waals surface area contributed by atoms with E-state index in [1.807, 2.05) is 0 Å². The van der Waals surface area contributed by atoms with Crippen LogP contribution in [0, 0.1) is 11.8 Å². The number of aliphatic carboxylic acids is 1. The number of carboxylic acid groups (broad SMARTS) is 1. The van der Waals surface area contributed by atoms with E-state index in [2.05, 4.69) is 5.32 Å². The number of hydrogen-bond donors (Lipinski definition) is 3. The maximum absolute atomic E-state index is 12.0. The molecule has 7 heteroatoms. The molecule has 1 aliphatic heterocycles. The predicted octanol–water partition coefficient (Wildman–Crippen LogP) is 0.00250. The Bertz CT molecular complexity index is 370. The lowest BCUT2D eigenvalue weighted by molar-refractivity contribution is -0.140. The van der Waals surface area contributed by atoms with Gasteiger partial charge in [-0.1, -0.05) is 13.8 Å². The molecule has 1 aliphatic rings. The third kappa shape index (κ3) is 4.11. The van der Waals surface area contributed by atoms with Crippen LogP contribution in [0.4, 0.5) is 4.79 Å². The van der Waals surface area contributed by atoms with Crippen LogP contribution in [0.1, 0.15) is 26.7 Å². The molecule has 1 fully saturated rings. The summed E-state index contributed by atoms with van der Waals surface area (Å²) < 4.78 is 0. The average molecular weight is 271 g/mol. The van der Waals surface area contributed by atoms with Gasteiger partial charge in [-0.3, -0.25) is 4.79 Å². The number of piperidine rings is 1. The third-order valence-electron chi connectivity index (χ3n) is 3.32. The maximum Gasteiger partial charge on any atom is 0.326 e. The van der Waals surface area contributed by atoms with Crippen LogP contribution in [0.2, 0.25) is 0 Å². The molecule has 1 rings (SSSR count). The van der Waals surface area contributed by atoms with Gasteiger partial charge in [-0.05, 0) is 18.8 Å². The molecule has 0 spiro atoms.